The van der Waals surface area contributed by atoms with Crippen LogP contribution in [-0.2, 0) is 4.79 Å². The van der Waals surface area contributed by atoms with Crippen molar-refractivity contribution in [1.82, 2.24) is 24.9 Å². The van der Waals surface area contributed by atoms with Gasteiger partial charge in [0.15, 0.2) is 18.2 Å². The van der Waals surface area contributed by atoms with E-state index in [1.165, 1.54) is 0 Å². The van der Waals surface area contributed by atoms with Crippen molar-refractivity contribution >= 4 is 11.7 Å². The minimum Gasteiger partial charge on any atom is -0.497 e. The molecule has 0 atom stereocenters. The van der Waals surface area contributed by atoms with E-state index in [0.717, 1.165) is 11.6 Å². The third kappa shape index (κ3) is 4.45. The van der Waals surface area contributed by atoms with Gasteiger partial charge in [-0.2, -0.15) is 5.10 Å². The molecule has 1 amide bonds. The molecule has 2 aromatic heterocycles. The Hall–Kier alpha value is -3.62. The van der Waals surface area contributed by atoms with E-state index in [4.69, 9.17) is 9.47 Å². The number of hydrogen-bond donors (Lipinski definition) is 0. The van der Waals surface area contributed by atoms with E-state index < -0.39 is 0 Å². The minimum atomic E-state index is -0.0272. The maximum atomic E-state index is 12.4. The highest BCUT2D eigenvalue weighted by Crippen LogP contribution is 2.18. The van der Waals surface area contributed by atoms with Gasteiger partial charge < -0.3 is 19.3 Å². The first-order chi connectivity index (χ1) is 14.2. The topological polar surface area (TPSA) is 85.6 Å². The van der Waals surface area contributed by atoms with Crippen molar-refractivity contribution in [2.24, 2.45) is 0 Å². The van der Waals surface area contributed by atoms with E-state index >= 15 is 0 Å². The lowest BCUT2D eigenvalue weighted by molar-refractivity contribution is -0.133. The Morgan fingerprint density at radius 2 is 1.66 bits per heavy atom. The molecule has 0 unspecified atom stereocenters. The van der Waals surface area contributed by atoms with Gasteiger partial charge in [0, 0.05) is 38.6 Å². The summed E-state index contributed by atoms with van der Waals surface area (Å²) in [6, 6.07) is 12.8. The van der Waals surface area contributed by atoms with Crippen LogP contribution in [0.15, 0.2) is 54.9 Å². The van der Waals surface area contributed by atoms with Crippen LogP contribution in [0.4, 0.5) is 5.82 Å². The molecule has 9 nitrogen and oxygen atoms in total. The molecule has 0 saturated carbocycles. The first kappa shape index (κ1) is 18.7. The van der Waals surface area contributed by atoms with E-state index in [1.807, 2.05) is 29.3 Å². The SMILES string of the molecule is COc1ccc(OCC(=O)N2CCN(c3ccc(-n4cccn4)nn3)CC2)cc1. The van der Waals surface area contributed by atoms with E-state index in [1.54, 1.807) is 42.3 Å². The summed E-state index contributed by atoms with van der Waals surface area (Å²) in [5.41, 5.74) is 0. The molecule has 3 aromatic rings. The van der Waals surface area contributed by atoms with Gasteiger partial charge in [-0.3, -0.25) is 4.79 Å². The Morgan fingerprint density at radius 1 is 0.966 bits per heavy atom. The Morgan fingerprint density at radius 3 is 2.28 bits per heavy atom. The lowest BCUT2D eigenvalue weighted by Gasteiger charge is -2.35. The maximum Gasteiger partial charge on any atom is 0.260 e. The number of rotatable bonds is 6. The molecule has 0 radical (unpaired) electrons. The summed E-state index contributed by atoms with van der Waals surface area (Å²) in [5, 5.41) is 12.7. The van der Waals surface area contributed by atoms with Crippen LogP contribution in [0.2, 0.25) is 0 Å². The zero-order valence-corrected chi connectivity index (χ0v) is 16.1. The van der Waals surface area contributed by atoms with Gasteiger partial charge in [0.05, 0.1) is 7.11 Å². The summed E-state index contributed by atoms with van der Waals surface area (Å²) in [7, 11) is 1.61. The van der Waals surface area contributed by atoms with Crippen LogP contribution >= 0.6 is 0 Å². The first-order valence-electron chi connectivity index (χ1n) is 9.36. The maximum absolute atomic E-state index is 12.4. The molecule has 29 heavy (non-hydrogen) atoms. The second-order valence-corrected chi connectivity index (χ2v) is 6.53. The van der Waals surface area contributed by atoms with Crippen LogP contribution in [0.5, 0.6) is 11.5 Å². The average molecular weight is 394 g/mol. The van der Waals surface area contributed by atoms with Gasteiger partial charge in [0.25, 0.3) is 5.91 Å². The highest BCUT2D eigenvalue weighted by atomic mass is 16.5. The fourth-order valence-corrected chi connectivity index (χ4v) is 3.11. The molecule has 4 rings (SSSR count). The highest BCUT2D eigenvalue weighted by molar-refractivity contribution is 5.78. The summed E-state index contributed by atoms with van der Waals surface area (Å²) in [6.07, 6.45) is 3.52. The molecule has 3 heterocycles. The number of carbonyl (C=O) groups is 1. The van der Waals surface area contributed by atoms with Crippen molar-refractivity contribution in [3.8, 4) is 17.3 Å². The number of anilines is 1. The normalized spacial score (nSPS) is 14.0. The molecule has 9 heteroatoms. The predicted molar refractivity (Wildman–Crippen MR) is 106 cm³/mol. The molecule has 1 saturated heterocycles. The molecule has 150 valence electrons. The van der Waals surface area contributed by atoms with Crippen LogP contribution in [0.1, 0.15) is 0 Å². The van der Waals surface area contributed by atoms with Gasteiger partial charge in [-0.15, -0.1) is 10.2 Å². The van der Waals surface area contributed by atoms with Crippen LogP contribution in [0, 0.1) is 0 Å². The van der Waals surface area contributed by atoms with Crippen molar-refractivity contribution in [3.05, 3.63) is 54.9 Å². The van der Waals surface area contributed by atoms with Crippen molar-refractivity contribution in [3.63, 3.8) is 0 Å². The van der Waals surface area contributed by atoms with E-state index in [9.17, 15) is 4.79 Å². The Balaban J connectivity index is 1.26. The molecule has 1 fully saturated rings. The number of nitrogens with zero attached hydrogens (tertiary/aromatic N) is 6. The summed E-state index contributed by atoms with van der Waals surface area (Å²) in [5.74, 6) is 2.83. The predicted octanol–water partition coefficient (Wildman–Crippen LogP) is 1.40. The zero-order valence-electron chi connectivity index (χ0n) is 16.1. The average Bonchev–Trinajstić information content (AvgIpc) is 3.33. The molecule has 0 aliphatic carbocycles. The van der Waals surface area contributed by atoms with Gasteiger partial charge >= 0.3 is 0 Å². The van der Waals surface area contributed by atoms with Crippen molar-refractivity contribution < 1.29 is 14.3 Å². The molecule has 0 bridgehead atoms. The highest BCUT2D eigenvalue weighted by Gasteiger charge is 2.22. The van der Waals surface area contributed by atoms with Crippen molar-refractivity contribution in [2.45, 2.75) is 0 Å². The number of piperazine rings is 1. The first-order valence-corrected chi connectivity index (χ1v) is 9.36. The number of amides is 1. The largest absolute Gasteiger partial charge is 0.497 e. The monoisotopic (exact) mass is 394 g/mol. The smallest absolute Gasteiger partial charge is 0.260 e. The molecule has 1 aromatic carbocycles. The Labute approximate surface area is 168 Å². The van der Waals surface area contributed by atoms with Gasteiger partial charge in [0.2, 0.25) is 0 Å². The third-order valence-corrected chi connectivity index (χ3v) is 4.75. The third-order valence-electron chi connectivity index (χ3n) is 4.75. The quantitative estimate of drug-likeness (QED) is 0.625. The molecule has 1 aliphatic rings. The number of benzene rings is 1. The van der Waals surface area contributed by atoms with Gasteiger partial charge in [-0.1, -0.05) is 0 Å². The van der Waals surface area contributed by atoms with Crippen LogP contribution in [-0.4, -0.2) is 70.7 Å². The molecule has 0 spiro atoms. The summed E-state index contributed by atoms with van der Waals surface area (Å²) >= 11 is 0. The number of carbonyl (C=O) groups excluding carboxylic acids is 1. The fraction of sp³-hybridized carbons (Fsp3) is 0.300. The van der Waals surface area contributed by atoms with E-state index in [-0.39, 0.29) is 12.5 Å². The molecule has 1 aliphatic heterocycles. The van der Waals surface area contributed by atoms with E-state index in [0.29, 0.717) is 37.7 Å². The number of methoxy groups -OCH3 is 1. The summed E-state index contributed by atoms with van der Waals surface area (Å²) in [6.45, 7) is 2.65. The fourth-order valence-electron chi connectivity index (χ4n) is 3.11. The van der Waals surface area contributed by atoms with Gasteiger partial charge in [-0.25, -0.2) is 4.68 Å². The second-order valence-electron chi connectivity index (χ2n) is 6.53. The number of hydrogen-bond acceptors (Lipinski definition) is 7. The van der Waals surface area contributed by atoms with Gasteiger partial charge in [-0.05, 0) is 42.5 Å². The van der Waals surface area contributed by atoms with Crippen molar-refractivity contribution in [1.29, 1.82) is 0 Å². The number of ether oxygens (including phenoxy) is 2. The van der Waals surface area contributed by atoms with E-state index in [2.05, 4.69) is 20.2 Å². The molecular weight excluding hydrogens is 372 g/mol. The van der Waals surface area contributed by atoms with Crippen LogP contribution < -0.4 is 14.4 Å². The molecular formula is C20H22N6O3. The van der Waals surface area contributed by atoms with Crippen LogP contribution in [0.3, 0.4) is 0 Å². The van der Waals surface area contributed by atoms with Gasteiger partial charge in [0.1, 0.15) is 11.5 Å². The Bertz CT molecular complexity index is 920. The standard InChI is InChI=1S/C20H22N6O3/c1-28-16-3-5-17(6-4-16)29-15-20(27)25-13-11-24(12-14-25)18-7-8-19(23-22-18)26-10-2-9-21-26/h2-10H,11-15H2,1H3. The summed E-state index contributed by atoms with van der Waals surface area (Å²) in [4.78, 5) is 16.4. The second kappa shape index (κ2) is 8.59. The Kier molecular flexibility index (Phi) is 5.55. The summed E-state index contributed by atoms with van der Waals surface area (Å²) < 4.78 is 12.4. The van der Waals surface area contributed by atoms with Crippen LogP contribution in [0.25, 0.3) is 5.82 Å². The lowest BCUT2D eigenvalue weighted by atomic mass is 10.3. The minimum absolute atomic E-state index is 0.0186. The molecule has 0 N–H and O–H groups in total. The van der Waals surface area contributed by atoms with Crippen molar-refractivity contribution in [2.75, 3.05) is 44.8 Å². The lowest BCUT2D eigenvalue weighted by Crippen LogP contribution is -2.50. The number of aromatic nitrogens is 4. The zero-order chi connectivity index (χ0) is 20.1.